The minimum Gasteiger partial charge on any atom is -0.340 e. The molecule has 3 rings (SSSR count). The van der Waals surface area contributed by atoms with Crippen molar-refractivity contribution in [3.8, 4) is 0 Å². The highest BCUT2D eigenvalue weighted by Crippen LogP contribution is 2.32. The van der Waals surface area contributed by atoms with Gasteiger partial charge in [-0.15, -0.1) is 0 Å². The summed E-state index contributed by atoms with van der Waals surface area (Å²) in [5.74, 6) is -1.55. The predicted octanol–water partition coefficient (Wildman–Crippen LogP) is 3.06. The molecule has 0 fully saturated rings. The Bertz CT molecular complexity index is 971. The summed E-state index contributed by atoms with van der Waals surface area (Å²) in [7, 11) is 4.09. The van der Waals surface area contributed by atoms with E-state index in [9.17, 15) is 13.6 Å². The van der Waals surface area contributed by atoms with Crippen LogP contribution in [0.3, 0.4) is 0 Å². The van der Waals surface area contributed by atoms with Crippen molar-refractivity contribution in [2.24, 2.45) is 0 Å². The zero-order valence-electron chi connectivity index (χ0n) is 15.6. The van der Waals surface area contributed by atoms with E-state index in [1.807, 2.05) is 39.2 Å². The molecule has 1 heterocycles. The van der Waals surface area contributed by atoms with Gasteiger partial charge in [-0.1, -0.05) is 29.0 Å². The largest absolute Gasteiger partial charge is 0.340 e. The number of rotatable bonds is 6. The number of anilines is 1. The Morgan fingerprint density at radius 3 is 2.70 bits per heavy atom. The number of amides is 1. The van der Waals surface area contributed by atoms with Crippen LogP contribution in [0.1, 0.15) is 22.3 Å². The van der Waals surface area contributed by atoms with E-state index in [2.05, 4.69) is 4.98 Å². The van der Waals surface area contributed by atoms with E-state index < -0.39 is 11.6 Å². The molecule has 142 valence electrons. The van der Waals surface area contributed by atoms with Crippen LogP contribution in [-0.4, -0.2) is 38.1 Å². The molecule has 2 aromatic carbocycles. The molecule has 0 unspecified atom stereocenters. The first-order valence-electron chi connectivity index (χ1n) is 8.78. The topological polar surface area (TPSA) is 37.6 Å². The molecule has 4 nitrogen and oxygen atoms in total. The van der Waals surface area contributed by atoms with Crippen molar-refractivity contribution in [1.82, 2.24) is 4.98 Å². The number of halogens is 2. The molecule has 0 atom stereocenters. The average molecular weight is 390 g/mol. The lowest BCUT2D eigenvalue weighted by Gasteiger charge is -2.20. The van der Waals surface area contributed by atoms with Crippen molar-refractivity contribution in [3.05, 3.63) is 59.2 Å². The van der Waals surface area contributed by atoms with Crippen molar-refractivity contribution in [1.29, 1.82) is 0 Å². The van der Waals surface area contributed by atoms with Crippen molar-refractivity contribution in [3.63, 3.8) is 0 Å². The second-order valence-corrected chi connectivity index (χ2v) is 7.88. The molecule has 0 radical (unpaired) electrons. The van der Waals surface area contributed by atoms with Gasteiger partial charge in [0.1, 0.15) is 11.3 Å². The summed E-state index contributed by atoms with van der Waals surface area (Å²) in [6.07, 6.45) is 0.770. The van der Waals surface area contributed by atoms with E-state index in [1.165, 1.54) is 11.0 Å². The Kier molecular flexibility index (Phi) is 5.82. The number of fused-ring (bicyclic) bond motifs is 1. The predicted molar refractivity (Wildman–Crippen MR) is 105 cm³/mol. The van der Waals surface area contributed by atoms with E-state index in [1.54, 1.807) is 11.0 Å². The van der Waals surface area contributed by atoms with Crippen LogP contribution in [0.5, 0.6) is 0 Å². The molecular formula is C20H22F2N3OS+. The molecule has 1 amide bonds. The smallest absolute Gasteiger partial charge is 0.260 e. The summed E-state index contributed by atoms with van der Waals surface area (Å²) < 4.78 is 28.0. The maximum atomic E-state index is 14.1. The third-order valence-corrected chi connectivity index (χ3v) is 5.23. The lowest BCUT2D eigenvalue weighted by molar-refractivity contribution is -0.858. The molecule has 0 aliphatic carbocycles. The average Bonchev–Trinajstić information content (AvgIpc) is 3.02. The highest BCUT2D eigenvalue weighted by Gasteiger charge is 2.22. The molecule has 1 N–H and O–H groups in total. The zero-order chi connectivity index (χ0) is 19.6. The number of aromatic nitrogens is 1. The minimum absolute atomic E-state index is 0.0941. The molecular weight excluding hydrogens is 368 g/mol. The molecule has 1 aromatic heterocycles. The van der Waals surface area contributed by atoms with Crippen LogP contribution in [0, 0.1) is 18.6 Å². The summed E-state index contributed by atoms with van der Waals surface area (Å²) in [4.78, 5) is 20.3. The lowest BCUT2D eigenvalue weighted by atomic mass is 10.1. The van der Waals surface area contributed by atoms with Crippen molar-refractivity contribution in [2.45, 2.75) is 13.3 Å². The first-order valence-corrected chi connectivity index (χ1v) is 9.60. The van der Waals surface area contributed by atoms with Gasteiger partial charge < -0.3 is 4.90 Å². The standard InChI is InChI=1S/C20H21F2N3OS/c1-13-6-4-7-14(10-13)19(26)25(9-5-8-24(2)3)20-23-18-16(22)11-15(21)12-17(18)27-20/h4,6-7,10-12H,5,8-9H2,1-3H3/p+1. The number of nitrogens with one attached hydrogen (secondary N) is 1. The van der Waals surface area contributed by atoms with Gasteiger partial charge in [0, 0.05) is 24.6 Å². The van der Waals surface area contributed by atoms with Gasteiger partial charge in [-0.2, -0.15) is 0 Å². The number of benzene rings is 2. The second-order valence-electron chi connectivity index (χ2n) is 6.87. The quantitative estimate of drug-likeness (QED) is 0.703. The third kappa shape index (κ3) is 4.48. The molecule has 7 heteroatoms. The highest BCUT2D eigenvalue weighted by molar-refractivity contribution is 7.22. The van der Waals surface area contributed by atoms with E-state index in [0.717, 1.165) is 35.9 Å². The Balaban J connectivity index is 1.98. The third-order valence-electron chi connectivity index (χ3n) is 4.20. The normalized spacial score (nSPS) is 11.3. The first kappa shape index (κ1) is 19.4. The van der Waals surface area contributed by atoms with Gasteiger partial charge in [-0.3, -0.25) is 9.69 Å². The van der Waals surface area contributed by atoms with Crippen LogP contribution >= 0.6 is 11.3 Å². The molecule has 3 aromatic rings. The van der Waals surface area contributed by atoms with Crippen molar-refractivity contribution < 1.29 is 18.5 Å². The van der Waals surface area contributed by atoms with E-state index in [-0.39, 0.29) is 11.4 Å². The van der Waals surface area contributed by atoms with Gasteiger partial charge in [-0.25, -0.2) is 13.8 Å². The SMILES string of the molecule is Cc1cccc(C(=O)N(CCC[NH+](C)C)c2nc3c(F)cc(F)cc3s2)c1. The zero-order valence-corrected chi connectivity index (χ0v) is 16.4. The van der Waals surface area contributed by atoms with Gasteiger partial charge in [-0.05, 0) is 25.1 Å². The summed E-state index contributed by atoms with van der Waals surface area (Å²) >= 11 is 1.13. The fourth-order valence-corrected chi connectivity index (χ4v) is 3.90. The Labute approximate surface area is 161 Å². The minimum atomic E-state index is -0.715. The van der Waals surface area contributed by atoms with E-state index >= 15 is 0 Å². The fourth-order valence-electron chi connectivity index (χ4n) is 2.87. The number of aryl methyl sites for hydroxylation is 1. The number of carbonyl (C=O) groups is 1. The Morgan fingerprint density at radius 1 is 1.22 bits per heavy atom. The van der Waals surface area contributed by atoms with Crippen molar-refractivity contribution in [2.75, 3.05) is 32.1 Å². The van der Waals surface area contributed by atoms with Gasteiger partial charge in [0.25, 0.3) is 5.91 Å². The van der Waals surface area contributed by atoms with Crippen LogP contribution < -0.4 is 9.80 Å². The van der Waals surface area contributed by atoms with Crippen LogP contribution in [-0.2, 0) is 0 Å². The van der Waals surface area contributed by atoms with Gasteiger partial charge in [0.15, 0.2) is 10.9 Å². The molecule has 27 heavy (non-hydrogen) atoms. The molecule has 0 saturated carbocycles. The molecule has 0 spiro atoms. The second kappa shape index (κ2) is 8.10. The maximum Gasteiger partial charge on any atom is 0.260 e. The summed E-state index contributed by atoms with van der Waals surface area (Å²) in [5.41, 5.74) is 1.63. The molecule has 0 saturated heterocycles. The van der Waals surface area contributed by atoms with Crippen LogP contribution in [0.4, 0.5) is 13.9 Å². The highest BCUT2D eigenvalue weighted by atomic mass is 32.1. The van der Waals surface area contributed by atoms with Gasteiger partial charge in [0.05, 0.1) is 25.3 Å². The van der Waals surface area contributed by atoms with E-state index in [0.29, 0.717) is 21.9 Å². The number of hydrogen-bond donors (Lipinski definition) is 1. The van der Waals surface area contributed by atoms with Crippen LogP contribution in [0.15, 0.2) is 36.4 Å². The molecule has 0 aliphatic heterocycles. The van der Waals surface area contributed by atoms with Gasteiger partial charge in [0.2, 0.25) is 0 Å². The number of thiazole rings is 1. The number of hydrogen-bond acceptors (Lipinski definition) is 3. The lowest BCUT2D eigenvalue weighted by Crippen LogP contribution is -3.05. The fraction of sp³-hybridized carbons (Fsp3) is 0.300. The van der Waals surface area contributed by atoms with E-state index in [4.69, 9.17) is 0 Å². The first-order chi connectivity index (χ1) is 12.8. The molecule has 0 aliphatic rings. The van der Waals surface area contributed by atoms with Gasteiger partial charge >= 0.3 is 0 Å². The summed E-state index contributed by atoms with van der Waals surface area (Å²) in [5, 5.41) is 0.384. The maximum absolute atomic E-state index is 14.1. The van der Waals surface area contributed by atoms with Crippen LogP contribution in [0.25, 0.3) is 10.2 Å². The molecule has 0 bridgehead atoms. The monoisotopic (exact) mass is 390 g/mol. The Hall–Kier alpha value is -2.38. The number of quaternary nitrogens is 1. The number of carbonyl (C=O) groups excluding carboxylic acids is 1. The summed E-state index contributed by atoms with van der Waals surface area (Å²) in [6, 6.07) is 9.39. The number of nitrogens with zero attached hydrogens (tertiary/aromatic N) is 2. The summed E-state index contributed by atoms with van der Waals surface area (Å²) in [6.45, 7) is 3.26. The van der Waals surface area contributed by atoms with Crippen LogP contribution in [0.2, 0.25) is 0 Å². The van der Waals surface area contributed by atoms with Crippen molar-refractivity contribution >= 4 is 32.6 Å². The Morgan fingerprint density at radius 2 is 2.00 bits per heavy atom.